The van der Waals surface area contributed by atoms with E-state index in [1.54, 1.807) is 20.8 Å². The summed E-state index contributed by atoms with van der Waals surface area (Å²) < 4.78 is 33.6. The molecule has 1 amide bonds. The van der Waals surface area contributed by atoms with E-state index in [4.69, 9.17) is 15.2 Å². The number of sulfone groups is 1. The third-order valence-corrected chi connectivity index (χ3v) is 7.54. The van der Waals surface area contributed by atoms with Crippen molar-refractivity contribution in [2.45, 2.75) is 50.8 Å². The van der Waals surface area contributed by atoms with Crippen molar-refractivity contribution in [3.05, 3.63) is 0 Å². The first kappa shape index (κ1) is 19.6. The molecule has 0 aromatic heterocycles. The fraction of sp³-hybridized carbons (Fsp3) is 0.800. The molecule has 0 radical (unpaired) electrons. The number of nitrogens with two attached hydrogens (primary N) is 1. The third kappa shape index (κ3) is 2.80. The molecule has 2 aliphatic heterocycles. The molecule has 2 N–H and O–H groups in total. The number of β-lactam (4-membered cyclic amide) rings is 1. The van der Waals surface area contributed by atoms with Gasteiger partial charge < -0.3 is 20.1 Å². The van der Waals surface area contributed by atoms with Crippen LogP contribution in [0.2, 0.25) is 0 Å². The zero-order chi connectivity index (χ0) is 19.4. The Morgan fingerprint density at radius 1 is 1.24 bits per heavy atom. The van der Waals surface area contributed by atoms with Crippen molar-refractivity contribution in [2.24, 2.45) is 17.1 Å². The maximum atomic E-state index is 12.7. The predicted molar refractivity (Wildman–Crippen MR) is 86.5 cm³/mol. The van der Waals surface area contributed by atoms with Crippen LogP contribution in [-0.2, 0) is 33.7 Å². The first-order valence-electron chi connectivity index (χ1n) is 7.88. The summed E-state index contributed by atoms with van der Waals surface area (Å²) in [6, 6.07) is -1.30. The molecule has 2 fully saturated rings. The number of nitrogens with zero attached hydrogens (tertiary/aromatic N) is 1. The molecule has 0 aromatic carbocycles. The van der Waals surface area contributed by atoms with Gasteiger partial charge in [-0.15, -0.1) is 0 Å². The van der Waals surface area contributed by atoms with E-state index < -0.39 is 62.0 Å². The number of ether oxygens (including phenoxy) is 2. The van der Waals surface area contributed by atoms with Gasteiger partial charge in [-0.25, -0.2) is 13.2 Å². The molecule has 0 aliphatic carbocycles. The topological polar surface area (TPSA) is 133 Å². The van der Waals surface area contributed by atoms with Gasteiger partial charge in [0.25, 0.3) is 0 Å². The fourth-order valence-electron chi connectivity index (χ4n) is 3.04. The van der Waals surface area contributed by atoms with Gasteiger partial charge in [-0.2, -0.15) is 0 Å². The lowest BCUT2D eigenvalue weighted by Gasteiger charge is -2.42. The minimum Gasteiger partial charge on any atom is -0.427 e. The van der Waals surface area contributed by atoms with Gasteiger partial charge in [0.15, 0.2) is 9.84 Å². The number of hydrogen-bond acceptors (Lipinski definition) is 8. The Morgan fingerprint density at radius 2 is 1.80 bits per heavy atom. The molecule has 9 nitrogen and oxygen atoms in total. The summed E-state index contributed by atoms with van der Waals surface area (Å²) in [5.41, 5.74) is 4.71. The number of carbonyl (C=O) groups is 3. The van der Waals surface area contributed by atoms with Crippen LogP contribution in [-0.4, -0.2) is 60.7 Å². The SMILES string of the molecule is CC(C)(C)C(=O)OCOC(=O)[C@@H]1N2C(=O)[C@H](CN)[C@H]2S(=O)(=O)C1(C)C. The van der Waals surface area contributed by atoms with Crippen molar-refractivity contribution in [1.29, 1.82) is 0 Å². The summed E-state index contributed by atoms with van der Waals surface area (Å²) in [6.45, 7) is 6.90. The average Bonchev–Trinajstić information content (AvgIpc) is 2.61. The summed E-state index contributed by atoms with van der Waals surface area (Å²) in [6.07, 6.45) is 0. The molecule has 2 heterocycles. The normalized spacial score (nSPS) is 29.6. The molecule has 2 saturated heterocycles. The highest BCUT2D eigenvalue weighted by Gasteiger charge is 2.71. The van der Waals surface area contributed by atoms with Crippen LogP contribution in [0.25, 0.3) is 0 Å². The number of carbonyl (C=O) groups excluding carboxylic acids is 3. The highest BCUT2D eigenvalue weighted by Crippen LogP contribution is 2.48. The molecule has 25 heavy (non-hydrogen) atoms. The summed E-state index contributed by atoms with van der Waals surface area (Å²) in [5.74, 6) is -2.84. The fourth-order valence-corrected chi connectivity index (χ4v) is 5.37. The molecule has 10 heteroatoms. The van der Waals surface area contributed by atoms with Crippen molar-refractivity contribution in [2.75, 3.05) is 13.3 Å². The van der Waals surface area contributed by atoms with E-state index in [-0.39, 0.29) is 6.54 Å². The van der Waals surface area contributed by atoms with Crippen molar-refractivity contribution >= 4 is 27.7 Å². The second-order valence-corrected chi connectivity index (χ2v) is 10.4. The average molecular weight is 376 g/mol. The molecule has 142 valence electrons. The molecule has 3 atom stereocenters. The predicted octanol–water partition coefficient (Wildman–Crippen LogP) is -0.605. The van der Waals surface area contributed by atoms with Crippen LogP contribution in [0, 0.1) is 11.3 Å². The van der Waals surface area contributed by atoms with Crippen LogP contribution in [0.1, 0.15) is 34.6 Å². The number of rotatable bonds is 4. The maximum absolute atomic E-state index is 12.7. The van der Waals surface area contributed by atoms with E-state index in [2.05, 4.69) is 0 Å². The quantitative estimate of drug-likeness (QED) is 0.390. The second-order valence-electron chi connectivity index (χ2n) is 7.79. The largest absolute Gasteiger partial charge is 0.427 e. The van der Waals surface area contributed by atoms with Crippen molar-refractivity contribution in [3.8, 4) is 0 Å². The zero-order valence-corrected chi connectivity index (χ0v) is 15.8. The Kier molecular flexibility index (Phi) is 4.67. The summed E-state index contributed by atoms with van der Waals surface area (Å²) >= 11 is 0. The van der Waals surface area contributed by atoms with Crippen LogP contribution in [0.3, 0.4) is 0 Å². The van der Waals surface area contributed by atoms with Crippen molar-refractivity contribution in [1.82, 2.24) is 4.90 Å². The molecular weight excluding hydrogens is 352 g/mol. The van der Waals surface area contributed by atoms with Gasteiger partial charge in [0.05, 0.1) is 16.1 Å². The monoisotopic (exact) mass is 376 g/mol. The molecule has 0 unspecified atom stereocenters. The smallest absolute Gasteiger partial charge is 0.333 e. The van der Waals surface area contributed by atoms with Crippen LogP contribution in [0.5, 0.6) is 0 Å². The van der Waals surface area contributed by atoms with Crippen molar-refractivity contribution in [3.63, 3.8) is 0 Å². The van der Waals surface area contributed by atoms with E-state index in [1.807, 2.05) is 0 Å². The first-order chi connectivity index (χ1) is 11.3. The molecule has 2 aliphatic rings. The van der Waals surface area contributed by atoms with Crippen LogP contribution in [0.4, 0.5) is 0 Å². The van der Waals surface area contributed by atoms with E-state index in [9.17, 15) is 22.8 Å². The summed E-state index contributed by atoms with van der Waals surface area (Å²) in [4.78, 5) is 37.3. The molecule has 0 spiro atoms. The number of hydrogen-bond donors (Lipinski definition) is 1. The Balaban J connectivity index is 2.14. The van der Waals surface area contributed by atoms with E-state index in [0.717, 1.165) is 4.90 Å². The number of amides is 1. The Bertz CT molecular complexity index is 708. The van der Waals surface area contributed by atoms with E-state index in [1.165, 1.54) is 13.8 Å². The summed E-state index contributed by atoms with van der Waals surface area (Å²) in [5, 5.41) is -1.12. The zero-order valence-electron chi connectivity index (χ0n) is 14.9. The van der Waals surface area contributed by atoms with E-state index >= 15 is 0 Å². The van der Waals surface area contributed by atoms with Gasteiger partial charge in [0.2, 0.25) is 12.7 Å². The third-order valence-electron chi connectivity index (χ3n) is 4.66. The molecule has 0 aromatic rings. The Morgan fingerprint density at radius 3 is 2.28 bits per heavy atom. The molecular formula is C15H24N2O7S. The molecule has 2 rings (SSSR count). The lowest BCUT2D eigenvalue weighted by molar-refractivity contribution is -0.181. The van der Waals surface area contributed by atoms with Gasteiger partial charge in [0, 0.05) is 6.54 Å². The highest BCUT2D eigenvalue weighted by molar-refractivity contribution is 7.93. The van der Waals surface area contributed by atoms with Crippen molar-refractivity contribution < 1.29 is 32.3 Å². The maximum Gasteiger partial charge on any atom is 0.333 e. The Labute approximate surface area is 146 Å². The second kappa shape index (κ2) is 5.94. The minimum atomic E-state index is -3.80. The number of fused-ring (bicyclic) bond motifs is 1. The van der Waals surface area contributed by atoms with Gasteiger partial charge in [-0.3, -0.25) is 9.59 Å². The van der Waals surface area contributed by atoms with Gasteiger partial charge in [-0.05, 0) is 34.6 Å². The van der Waals surface area contributed by atoms with Gasteiger partial charge in [-0.1, -0.05) is 0 Å². The highest BCUT2D eigenvalue weighted by atomic mass is 32.2. The van der Waals surface area contributed by atoms with Crippen LogP contribution in [0.15, 0.2) is 0 Å². The Hall–Kier alpha value is -1.68. The molecule has 0 saturated carbocycles. The molecule has 0 bridgehead atoms. The number of esters is 2. The van der Waals surface area contributed by atoms with Gasteiger partial charge in [0.1, 0.15) is 11.4 Å². The first-order valence-corrected chi connectivity index (χ1v) is 9.42. The lowest BCUT2D eigenvalue weighted by atomic mass is 9.92. The van der Waals surface area contributed by atoms with Gasteiger partial charge >= 0.3 is 11.9 Å². The standard InChI is InChI=1S/C15H24N2O7S/c1-14(2,3)13(20)24-7-23-12(19)9-15(4,5)25(21,22)11-8(6-16)10(18)17(9)11/h8-9,11H,6-7,16H2,1-5H3/t8-,9-,11+/m0/s1. The minimum absolute atomic E-state index is 0.111. The summed E-state index contributed by atoms with van der Waals surface area (Å²) in [7, 11) is -3.80. The van der Waals surface area contributed by atoms with Crippen LogP contribution >= 0.6 is 0 Å². The lowest BCUT2D eigenvalue weighted by Crippen LogP contribution is -2.65. The van der Waals surface area contributed by atoms with Crippen LogP contribution < -0.4 is 5.73 Å². The van der Waals surface area contributed by atoms with E-state index in [0.29, 0.717) is 0 Å².